The Labute approximate surface area is 152 Å². The summed E-state index contributed by atoms with van der Waals surface area (Å²) in [6.45, 7) is 2.22. The number of fused-ring (bicyclic) bond motifs is 1. The van der Waals surface area contributed by atoms with Gasteiger partial charge in [0.15, 0.2) is 11.6 Å². The van der Waals surface area contributed by atoms with E-state index in [0.29, 0.717) is 13.0 Å². The lowest BCUT2D eigenvalue weighted by molar-refractivity contribution is 0.143. The molecule has 4 rings (SSSR count). The normalized spacial score (nSPS) is 22.0. The third-order valence-corrected chi connectivity index (χ3v) is 5.30. The molecule has 2 aliphatic rings. The van der Waals surface area contributed by atoms with Crippen molar-refractivity contribution in [1.82, 2.24) is 4.57 Å². The maximum Gasteiger partial charge on any atom is 0.511 e. The Morgan fingerprint density at radius 2 is 2.11 bits per heavy atom. The minimum atomic E-state index is -1.66. The smallest absolute Gasteiger partial charge is 0.449 e. The molecule has 3 N–H and O–H groups in total. The lowest BCUT2D eigenvalue weighted by atomic mass is 9.93. The highest BCUT2D eigenvalue weighted by Crippen LogP contribution is 2.41. The van der Waals surface area contributed by atoms with Gasteiger partial charge in [-0.25, -0.2) is 13.6 Å². The van der Waals surface area contributed by atoms with Gasteiger partial charge in [-0.15, -0.1) is 0 Å². The Morgan fingerprint density at radius 3 is 2.67 bits per heavy atom. The lowest BCUT2D eigenvalue weighted by Gasteiger charge is -2.48. The van der Waals surface area contributed by atoms with Crippen molar-refractivity contribution in [3.63, 3.8) is 0 Å². The fraction of sp³-hybridized carbons (Fsp3) is 0.444. The van der Waals surface area contributed by atoms with Crippen LogP contribution in [0.5, 0.6) is 5.75 Å². The number of ether oxygens (including phenoxy) is 1. The van der Waals surface area contributed by atoms with E-state index >= 15 is 4.39 Å². The molecule has 1 aromatic heterocycles. The number of aromatic nitrogens is 1. The van der Waals surface area contributed by atoms with E-state index in [0.717, 1.165) is 18.9 Å². The number of anilines is 1. The highest BCUT2D eigenvalue weighted by molar-refractivity contribution is 5.86. The number of nitrogens with two attached hydrogens (primary N) is 1. The van der Waals surface area contributed by atoms with Gasteiger partial charge in [-0.1, -0.05) is 6.92 Å². The van der Waals surface area contributed by atoms with Crippen LogP contribution in [-0.2, 0) is 0 Å². The number of pyridine rings is 1. The number of nitrogens with zero attached hydrogens (tertiary/aromatic N) is 2. The maximum atomic E-state index is 15.4. The van der Waals surface area contributed by atoms with Gasteiger partial charge in [0.1, 0.15) is 11.5 Å². The summed E-state index contributed by atoms with van der Waals surface area (Å²) in [6.07, 6.45) is 1.68. The minimum absolute atomic E-state index is 0.0352. The number of benzene rings is 1. The number of halogens is 2. The molecular formula is C18H19F2N3O4. The van der Waals surface area contributed by atoms with Crippen LogP contribution >= 0.6 is 0 Å². The molecule has 0 bridgehead atoms. The van der Waals surface area contributed by atoms with E-state index in [1.54, 1.807) is 4.90 Å². The molecule has 1 aliphatic heterocycles. The molecule has 1 aliphatic carbocycles. The second-order valence-electron chi connectivity index (χ2n) is 7.04. The van der Waals surface area contributed by atoms with Crippen molar-refractivity contribution in [1.29, 1.82) is 0 Å². The summed E-state index contributed by atoms with van der Waals surface area (Å²) in [5.74, 6) is -2.18. The van der Waals surface area contributed by atoms with Gasteiger partial charge in [0.25, 0.3) is 0 Å². The number of carbonyl (C=O) groups is 1. The van der Waals surface area contributed by atoms with Crippen molar-refractivity contribution >= 4 is 22.7 Å². The molecule has 2 aromatic rings. The van der Waals surface area contributed by atoms with Crippen molar-refractivity contribution < 1.29 is 23.4 Å². The molecule has 1 saturated carbocycles. The van der Waals surface area contributed by atoms with E-state index in [-0.39, 0.29) is 34.7 Å². The number of rotatable bonds is 4. The first-order chi connectivity index (χ1) is 12.8. The van der Waals surface area contributed by atoms with Crippen molar-refractivity contribution in [2.75, 3.05) is 11.4 Å². The van der Waals surface area contributed by atoms with Crippen LogP contribution in [0.3, 0.4) is 0 Å². The first kappa shape index (κ1) is 17.7. The summed E-state index contributed by atoms with van der Waals surface area (Å²) in [5, 5.41) is 8.58. The topological polar surface area (TPSA) is 97.8 Å². The van der Waals surface area contributed by atoms with Gasteiger partial charge in [-0.3, -0.25) is 4.79 Å². The van der Waals surface area contributed by atoms with Gasteiger partial charge in [-0.2, -0.15) is 0 Å². The number of carboxylic acid groups (broad SMARTS) is 1. The van der Waals surface area contributed by atoms with Crippen LogP contribution in [0.2, 0.25) is 0 Å². The van der Waals surface area contributed by atoms with Gasteiger partial charge in [0.2, 0.25) is 5.43 Å². The molecule has 144 valence electrons. The highest BCUT2D eigenvalue weighted by atomic mass is 19.1. The van der Waals surface area contributed by atoms with Crippen LogP contribution in [0.15, 0.2) is 17.1 Å². The van der Waals surface area contributed by atoms with E-state index in [4.69, 9.17) is 10.8 Å². The van der Waals surface area contributed by atoms with E-state index < -0.39 is 29.0 Å². The molecule has 0 spiro atoms. The van der Waals surface area contributed by atoms with E-state index in [2.05, 4.69) is 4.74 Å². The van der Waals surface area contributed by atoms with Crippen molar-refractivity contribution in [2.24, 2.45) is 5.73 Å². The largest absolute Gasteiger partial charge is 0.511 e. The van der Waals surface area contributed by atoms with Gasteiger partial charge in [0, 0.05) is 24.7 Å². The van der Waals surface area contributed by atoms with E-state index in [1.807, 2.05) is 6.92 Å². The fourth-order valence-corrected chi connectivity index (χ4v) is 3.83. The molecule has 1 saturated heterocycles. The molecule has 0 amide bonds. The summed E-state index contributed by atoms with van der Waals surface area (Å²) < 4.78 is 36.2. The lowest BCUT2D eigenvalue weighted by Crippen LogP contribution is -2.64. The second-order valence-corrected chi connectivity index (χ2v) is 7.04. The summed E-state index contributed by atoms with van der Waals surface area (Å²) in [7, 11) is 0. The van der Waals surface area contributed by atoms with Gasteiger partial charge in [-0.05, 0) is 25.3 Å². The number of hydrogen-bond donors (Lipinski definition) is 2. The zero-order valence-corrected chi connectivity index (χ0v) is 14.6. The van der Waals surface area contributed by atoms with Gasteiger partial charge in [0.05, 0.1) is 17.1 Å². The predicted octanol–water partition coefficient (Wildman–Crippen LogP) is 2.60. The zero-order valence-electron chi connectivity index (χ0n) is 14.6. The summed E-state index contributed by atoms with van der Waals surface area (Å²) >= 11 is 0. The molecule has 1 aromatic carbocycles. The maximum absolute atomic E-state index is 15.4. The monoisotopic (exact) mass is 379 g/mol. The summed E-state index contributed by atoms with van der Waals surface area (Å²) in [6, 6.07) is 0.529. The van der Waals surface area contributed by atoms with Crippen LogP contribution < -0.4 is 20.8 Å². The van der Waals surface area contributed by atoms with Crippen LogP contribution in [0.1, 0.15) is 32.2 Å². The zero-order chi connectivity index (χ0) is 19.5. The van der Waals surface area contributed by atoms with Gasteiger partial charge >= 0.3 is 6.16 Å². The molecule has 0 radical (unpaired) electrons. The predicted molar refractivity (Wildman–Crippen MR) is 94.4 cm³/mol. The van der Waals surface area contributed by atoms with E-state index in [1.165, 1.54) is 10.8 Å². The molecule has 9 heteroatoms. The summed E-state index contributed by atoms with van der Waals surface area (Å²) in [5.41, 5.74) is 4.85. The number of hydrogen-bond acceptors (Lipinski definition) is 5. The average Bonchev–Trinajstić information content (AvgIpc) is 3.41. The van der Waals surface area contributed by atoms with Crippen molar-refractivity contribution in [2.45, 2.75) is 44.3 Å². The van der Waals surface area contributed by atoms with Crippen molar-refractivity contribution in [3.05, 3.63) is 34.1 Å². The standard InChI is InChI=1S/C18H19F2N3O4/c1-2-12-11(21)6-23(12)16-10(19)5-9-15(14(16)20)22(8-3-4-8)7-13(17(9)24)27-18(25)26/h5,7-8,11-12H,2-4,6,21H2,1H3,(H,25,26)/t11-,12-/m1/s1. The molecule has 0 unspecified atom stereocenters. The Kier molecular flexibility index (Phi) is 4.06. The molecule has 2 fully saturated rings. The molecular weight excluding hydrogens is 360 g/mol. The molecule has 2 heterocycles. The Hall–Kier alpha value is -2.68. The molecule has 27 heavy (non-hydrogen) atoms. The van der Waals surface area contributed by atoms with E-state index in [9.17, 15) is 14.0 Å². The Morgan fingerprint density at radius 1 is 1.41 bits per heavy atom. The highest BCUT2D eigenvalue weighted by Gasteiger charge is 2.39. The SMILES string of the molecule is CC[C@@H]1[C@H](N)CN1c1c(F)cc2c(=O)c(OC(=O)O)cn(C3CC3)c2c1F. The average molecular weight is 379 g/mol. The Balaban J connectivity index is 1.96. The third-order valence-electron chi connectivity index (χ3n) is 5.30. The van der Waals surface area contributed by atoms with Crippen LogP contribution in [0.4, 0.5) is 19.3 Å². The van der Waals surface area contributed by atoms with Gasteiger partial charge < -0.3 is 25.0 Å². The van der Waals surface area contributed by atoms with Crippen molar-refractivity contribution in [3.8, 4) is 5.75 Å². The minimum Gasteiger partial charge on any atom is -0.449 e. The quantitative estimate of drug-likeness (QED) is 0.793. The second kappa shape index (κ2) is 6.19. The summed E-state index contributed by atoms with van der Waals surface area (Å²) in [4.78, 5) is 25.0. The van der Waals surface area contributed by atoms with Crippen LogP contribution in [0.25, 0.3) is 10.9 Å². The first-order valence-electron chi connectivity index (χ1n) is 8.83. The molecule has 2 atom stereocenters. The van der Waals surface area contributed by atoms with Crippen LogP contribution in [0, 0.1) is 11.6 Å². The fourth-order valence-electron chi connectivity index (χ4n) is 3.83. The molecule has 7 nitrogen and oxygen atoms in total. The third kappa shape index (κ3) is 2.73. The van der Waals surface area contributed by atoms with Crippen LogP contribution in [-0.4, -0.2) is 34.5 Å². The first-order valence-corrected chi connectivity index (χ1v) is 8.83. The Bertz CT molecular complexity index is 1000.